The van der Waals surface area contributed by atoms with Crippen LogP contribution in [-0.2, 0) is 9.59 Å². The molecule has 1 heterocycles. The molecule has 0 saturated carbocycles. The SMILES string of the molecule is Cc1ccc(NC(N)=NC2=N[C@H](CC(=O)Nc3cccc(Cl)c3)C(=O)N2)cc1. The first-order valence-corrected chi connectivity index (χ1v) is 8.89. The van der Waals surface area contributed by atoms with E-state index in [1.807, 2.05) is 31.2 Å². The average Bonchev–Trinajstić information content (AvgIpc) is 2.95. The lowest BCUT2D eigenvalue weighted by atomic mass is 10.2. The number of nitrogens with one attached hydrogen (secondary N) is 3. The molecule has 0 spiro atoms. The van der Waals surface area contributed by atoms with Gasteiger partial charge in [-0.2, -0.15) is 4.99 Å². The Kier molecular flexibility index (Phi) is 5.90. The maximum Gasteiger partial charge on any atom is 0.252 e. The number of hydrogen-bond acceptors (Lipinski definition) is 4. The highest BCUT2D eigenvalue weighted by Crippen LogP contribution is 2.16. The van der Waals surface area contributed by atoms with Crippen molar-refractivity contribution >= 4 is 46.7 Å². The van der Waals surface area contributed by atoms with E-state index in [0.29, 0.717) is 10.7 Å². The molecule has 5 N–H and O–H groups in total. The molecule has 1 aliphatic rings. The highest BCUT2D eigenvalue weighted by Gasteiger charge is 2.28. The first-order valence-electron chi connectivity index (χ1n) is 8.51. The molecule has 0 bridgehead atoms. The lowest BCUT2D eigenvalue weighted by Crippen LogP contribution is -2.32. The van der Waals surface area contributed by atoms with Crippen LogP contribution in [0.15, 0.2) is 58.5 Å². The topological polar surface area (TPSA) is 121 Å². The Morgan fingerprint density at radius 2 is 1.96 bits per heavy atom. The minimum Gasteiger partial charge on any atom is -0.369 e. The van der Waals surface area contributed by atoms with Crippen molar-refractivity contribution in [3.63, 3.8) is 0 Å². The van der Waals surface area contributed by atoms with E-state index < -0.39 is 11.9 Å². The van der Waals surface area contributed by atoms with Crippen LogP contribution in [0.3, 0.4) is 0 Å². The van der Waals surface area contributed by atoms with Gasteiger partial charge in [0, 0.05) is 16.4 Å². The van der Waals surface area contributed by atoms with Crippen LogP contribution in [0.2, 0.25) is 5.02 Å². The third-order valence-electron chi connectivity index (χ3n) is 3.85. The highest BCUT2D eigenvalue weighted by molar-refractivity contribution is 6.30. The van der Waals surface area contributed by atoms with Crippen molar-refractivity contribution in [2.45, 2.75) is 19.4 Å². The molecule has 8 nitrogen and oxygen atoms in total. The normalized spacial score (nSPS) is 16.4. The number of carbonyl (C=O) groups is 2. The van der Waals surface area contributed by atoms with Crippen LogP contribution in [-0.4, -0.2) is 29.8 Å². The number of halogens is 1. The third-order valence-corrected chi connectivity index (χ3v) is 4.09. The summed E-state index contributed by atoms with van der Waals surface area (Å²) in [5.41, 5.74) is 8.27. The van der Waals surface area contributed by atoms with Crippen molar-refractivity contribution in [1.82, 2.24) is 5.32 Å². The number of amides is 2. The monoisotopic (exact) mass is 398 g/mol. The molecule has 28 heavy (non-hydrogen) atoms. The van der Waals surface area contributed by atoms with Crippen molar-refractivity contribution in [2.75, 3.05) is 10.6 Å². The summed E-state index contributed by atoms with van der Waals surface area (Å²) in [6.07, 6.45) is -0.122. The van der Waals surface area contributed by atoms with Crippen molar-refractivity contribution in [2.24, 2.45) is 15.7 Å². The zero-order chi connectivity index (χ0) is 20.1. The number of anilines is 2. The van der Waals surface area contributed by atoms with Gasteiger partial charge in [0.25, 0.3) is 5.91 Å². The number of benzene rings is 2. The van der Waals surface area contributed by atoms with Gasteiger partial charge >= 0.3 is 0 Å². The van der Waals surface area contributed by atoms with E-state index in [4.69, 9.17) is 17.3 Å². The fraction of sp³-hybridized carbons (Fsp3) is 0.158. The zero-order valence-corrected chi connectivity index (χ0v) is 15.8. The van der Waals surface area contributed by atoms with E-state index in [-0.39, 0.29) is 24.2 Å². The summed E-state index contributed by atoms with van der Waals surface area (Å²) >= 11 is 5.89. The van der Waals surface area contributed by atoms with Gasteiger partial charge in [-0.25, -0.2) is 4.99 Å². The van der Waals surface area contributed by atoms with Crippen LogP contribution >= 0.6 is 11.6 Å². The Bertz CT molecular complexity index is 955. The molecule has 0 aliphatic carbocycles. The minimum absolute atomic E-state index is 0.0580. The second-order valence-electron chi connectivity index (χ2n) is 6.21. The van der Waals surface area contributed by atoms with Gasteiger partial charge in [-0.1, -0.05) is 35.4 Å². The van der Waals surface area contributed by atoms with Gasteiger partial charge in [-0.05, 0) is 37.3 Å². The quantitative estimate of drug-likeness (QED) is 0.466. The predicted molar refractivity (Wildman–Crippen MR) is 110 cm³/mol. The summed E-state index contributed by atoms with van der Waals surface area (Å²) in [5.74, 6) is -0.639. The van der Waals surface area contributed by atoms with E-state index in [2.05, 4.69) is 25.9 Å². The summed E-state index contributed by atoms with van der Waals surface area (Å²) in [7, 11) is 0. The molecule has 0 aromatic heterocycles. The maximum atomic E-state index is 12.1. The minimum atomic E-state index is -0.870. The van der Waals surface area contributed by atoms with Gasteiger partial charge in [0.05, 0.1) is 6.42 Å². The number of nitrogens with two attached hydrogens (primary N) is 1. The number of rotatable bonds is 4. The summed E-state index contributed by atoms with van der Waals surface area (Å²) in [5, 5.41) is 8.60. The van der Waals surface area contributed by atoms with Crippen LogP contribution in [0.5, 0.6) is 0 Å². The fourth-order valence-corrected chi connectivity index (χ4v) is 2.70. The Labute approximate surface area is 166 Å². The molecule has 1 atom stereocenters. The number of carbonyl (C=O) groups excluding carboxylic acids is 2. The molecule has 0 radical (unpaired) electrons. The first kappa shape index (κ1) is 19.4. The number of aliphatic imine (C=N–C) groups is 2. The van der Waals surface area contributed by atoms with E-state index in [1.165, 1.54) is 0 Å². The van der Waals surface area contributed by atoms with Gasteiger partial charge in [0.1, 0.15) is 6.04 Å². The Morgan fingerprint density at radius 3 is 2.68 bits per heavy atom. The molecule has 2 aromatic carbocycles. The van der Waals surface area contributed by atoms with E-state index in [1.54, 1.807) is 24.3 Å². The molecule has 0 unspecified atom stereocenters. The van der Waals surface area contributed by atoms with Crippen molar-refractivity contribution in [3.8, 4) is 0 Å². The third kappa shape index (κ3) is 5.31. The second-order valence-corrected chi connectivity index (χ2v) is 6.64. The predicted octanol–water partition coefficient (Wildman–Crippen LogP) is 2.26. The maximum absolute atomic E-state index is 12.1. The van der Waals surface area contributed by atoms with Gasteiger partial charge in [0.15, 0.2) is 0 Å². The standard InChI is InChI=1S/C19H19ClN6O2/c1-11-5-7-13(8-6-11)23-18(21)26-19-24-15(17(28)25-19)10-16(27)22-14-4-2-3-12(20)9-14/h2-9,15H,10H2,1H3,(H,22,27)(H4,21,23,24,25,26,28)/t15-/m1/s1. The van der Waals surface area contributed by atoms with E-state index >= 15 is 0 Å². The Hall–Kier alpha value is -3.39. The van der Waals surface area contributed by atoms with Gasteiger partial charge in [0.2, 0.25) is 17.8 Å². The Balaban J connectivity index is 1.60. The molecule has 9 heteroatoms. The number of nitrogens with zero attached hydrogens (tertiary/aromatic N) is 2. The summed E-state index contributed by atoms with van der Waals surface area (Å²) in [6.45, 7) is 1.98. The molecule has 2 aromatic rings. The Morgan fingerprint density at radius 1 is 1.21 bits per heavy atom. The summed E-state index contributed by atoms with van der Waals surface area (Å²) in [4.78, 5) is 32.4. The van der Waals surface area contributed by atoms with Crippen molar-refractivity contribution in [1.29, 1.82) is 0 Å². The molecule has 144 valence electrons. The molecule has 2 amide bonds. The molecule has 0 fully saturated rings. The van der Waals surface area contributed by atoms with Crippen molar-refractivity contribution < 1.29 is 9.59 Å². The van der Waals surface area contributed by atoms with Crippen molar-refractivity contribution in [3.05, 3.63) is 59.1 Å². The molecular formula is C19H19ClN6O2. The van der Waals surface area contributed by atoms with Crippen LogP contribution in [0, 0.1) is 6.92 Å². The smallest absolute Gasteiger partial charge is 0.252 e. The van der Waals surface area contributed by atoms with Gasteiger partial charge in [-0.3, -0.25) is 14.9 Å². The molecule has 3 rings (SSSR count). The molecule has 0 saturated heterocycles. The first-order chi connectivity index (χ1) is 13.4. The summed E-state index contributed by atoms with van der Waals surface area (Å²) in [6, 6.07) is 13.4. The number of hydrogen-bond donors (Lipinski definition) is 4. The lowest BCUT2D eigenvalue weighted by Gasteiger charge is -2.07. The largest absolute Gasteiger partial charge is 0.369 e. The molecule has 1 aliphatic heterocycles. The van der Waals surface area contributed by atoms with E-state index in [0.717, 1.165) is 11.3 Å². The second kappa shape index (κ2) is 8.53. The van der Waals surface area contributed by atoms with Crippen LogP contribution in [0.25, 0.3) is 0 Å². The lowest BCUT2D eigenvalue weighted by molar-refractivity contribution is -0.123. The molecular weight excluding hydrogens is 380 g/mol. The van der Waals surface area contributed by atoms with Gasteiger partial charge in [-0.15, -0.1) is 0 Å². The van der Waals surface area contributed by atoms with Crippen LogP contribution < -0.4 is 21.7 Å². The average molecular weight is 399 g/mol. The summed E-state index contributed by atoms with van der Waals surface area (Å²) < 4.78 is 0. The number of guanidine groups is 2. The van der Waals surface area contributed by atoms with Crippen LogP contribution in [0.4, 0.5) is 11.4 Å². The van der Waals surface area contributed by atoms with E-state index in [9.17, 15) is 9.59 Å². The highest BCUT2D eigenvalue weighted by atomic mass is 35.5. The fourth-order valence-electron chi connectivity index (χ4n) is 2.51. The number of aryl methyl sites for hydroxylation is 1. The zero-order valence-electron chi connectivity index (χ0n) is 15.1. The van der Waals surface area contributed by atoms with Crippen LogP contribution in [0.1, 0.15) is 12.0 Å². The van der Waals surface area contributed by atoms with Gasteiger partial charge < -0.3 is 16.4 Å².